The highest BCUT2D eigenvalue weighted by Gasteiger charge is 2.26. The number of hydrogen-bond donors (Lipinski definition) is 0. The molecule has 0 N–H and O–H groups in total. The molecule has 2 nitrogen and oxygen atoms in total. The molecule has 1 aliphatic rings. The van der Waals surface area contributed by atoms with Crippen molar-refractivity contribution in [1.82, 2.24) is 0 Å². The first-order valence-corrected chi connectivity index (χ1v) is 5.27. The predicted octanol–water partition coefficient (Wildman–Crippen LogP) is 3.29. The van der Waals surface area contributed by atoms with E-state index in [-0.39, 0.29) is 5.97 Å². The average Bonchev–Trinajstić information content (AvgIpc) is 2.39. The van der Waals surface area contributed by atoms with E-state index in [1.807, 2.05) is 6.92 Å². The third-order valence-electron chi connectivity index (χ3n) is 1.97. The molecule has 72 valence electrons. The monoisotopic (exact) mass is 244 g/mol. The maximum atomic E-state index is 11.3. The zero-order valence-corrected chi connectivity index (χ0v) is 9.48. The van der Waals surface area contributed by atoms with Crippen molar-refractivity contribution in [2.45, 2.75) is 33.1 Å². The quantitative estimate of drug-likeness (QED) is 0.713. The van der Waals surface area contributed by atoms with Gasteiger partial charge < -0.3 is 4.74 Å². The zero-order chi connectivity index (χ0) is 9.84. The lowest BCUT2D eigenvalue weighted by atomic mass is 10.1. The minimum atomic E-state index is -0.201. The molecule has 0 aromatic carbocycles. The molecule has 0 aromatic heterocycles. The first-order chi connectivity index (χ1) is 6.20. The topological polar surface area (TPSA) is 26.3 Å². The van der Waals surface area contributed by atoms with Crippen LogP contribution in [0.2, 0.25) is 0 Å². The molecule has 3 heteroatoms. The van der Waals surface area contributed by atoms with Gasteiger partial charge >= 0.3 is 5.97 Å². The summed E-state index contributed by atoms with van der Waals surface area (Å²) in [6.07, 6.45) is 4.70. The van der Waals surface area contributed by atoms with Crippen LogP contribution in [0.15, 0.2) is 21.9 Å². The second kappa shape index (κ2) is 4.61. The number of ether oxygens (including phenoxy) is 1. The number of cyclic esters (lactones) is 1. The molecule has 0 fully saturated rings. The summed E-state index contributed by atoms with van der Waals surface area (Å²) in [5.41, 5.74) is 0.773. The predicted molar refractivity (Wildman–Crippen MR) is 55.3 cm³/mol. The summed E-state index contributed by atoms with van der Waals surface area (Å²) in [6.45, 7) is 3.96. The molecule has 0 aromatic rings. The Bertz CT molecular complexity index is 277. The van der Waals surface area contributed by atoms with E-state index in [2.05, 4.69) is 22.9 Å². The highest BCUT2D eigenvalue weighted by Crippen LogP contribution is 2.33. The molecule has 1 aliphatic heterocycles. The van der Waals surface area contributed by atoms with Crippen molar-refractivity contribution in [2.24, 2.45) is 0 Å². The Balaban J connectivity index is 2.79. The van der Waals surface area contributed by atoms with Gasteiger partial charge in [0.15, 0.2) is 0 Å². The van der Waals surface area contributed by atoms with Crippen LogP contribution in [0.4, 0.5) is 0 Å². The van der Waals surface area contributed by atoms with Gasteiger partial charge in [-0.1, -0.05) is 13.3 Å². The van der Waals surface area contributed by atoms with Crippen LogP contribution in [-0.4, -0.2) is 5.97 Å². The first-order valence-electron chi connectivity index (χ1n) is 4.48. The van der Waals surface area contributed by atoms with Gasteiger partial charge in [-0.3, -0.25) is 0 Å². The number of carbonyl (C=O) groups excluding carboxylic acids is 1. The normalized spacial score (nSPS) is 19.9. The van der Waals surface area contributed by atoms with Gasteiger partial charge in [0.05, 0.1) is 10.1 Å². The molecule has 1 heterocycles. The highest BCUT2D eigenvalue weighted by atomic mass is 79.9. The maximum Gasteiger partial charge on any atom is 0.340 e. The Morgan fingerprint density at radius 3 is 2.69 bits per heavy atom. The fraction of sp³-hybridized carbons (Fsp3) is 0.500. The minimum absolute atomic E-state index is 0.201. The minimum Gasteiger partial charge on any atom is -0.422 e. The number of halogens is 1. The average molecular weight is 245 g/mol. The van der Waals surface area contributed by atoms with Gasteiger partial charge in [-0.05, 0) is 41.8 Å². The van der Waals surface area contributed by atoms with Crippen molar-refractivity contribution < 1.29 is 9.53 Å². The number of hydrogen-bond acceptors (Lipinski definition) is 2. The summed E-state index contributed by atoms with van der Waals surface area (Å²) in [7, 11) is 0. The maximum absolute atomic E-state index is 11.3. The largest absolute Gasteiger partial charge is 0.422 e. The van der Waals surface area contributed by atoms with Crippen LogP contribution >= 0.6 is 15.9 Å². The number of carbonyl (C=O) groups is 1. The van der Waals surface area contributed by atoms with Crippen LogP contribution < -0.4 is 0 Å². The van der Waals surface area contributed by atoms with E-state index in [0.29, 0.717) is 5.76 Å². The van der Waals surface area contributed by atoms with Crippen LogP contribution in [0.25, 0.3) is 0 Å². The lowest BCUT2D eigenvalue weighted by Crippen LogP contribution is -1.98. The van der Waals surface area contributed by atoms with Gasteiger partial charge in [0, 0.05) is 0 Å². The fourth-order valence-electron chi connectivity index (χ4n) is 1.20. The molecule has 0 atom stereocenters. The molecule has 0 saturated carbocycles. The van der Waals surface area contributed by atoms with Crippen LogP contribution in [0, 0.1) is 0 Å². The molecular formula is C10H13BrO2. The van der Waals surface area contributed by atoms with E-state index < -0.39 is 0 Å². The number of esters is 1. The van der Waals surface area contributed by atoms with Crippen molar-refractivity contribution in [2.75, 3.05) is 0 Å². The van der Waals surface area contributed by atoms with Gasteiger partial charge in [-0.15, -0.1) is 0 Å². The Morgan fingerprint density at radius 1 is 1.54 bits per heavy atom. The van der Waals surface area contributed by atoms with E-state index >= 15 is 0 Å². The van der Waals surface area contributed by atoms with Crippen molar-refractivity contribution in [1.29, 1.82) is 0 Å². The van der Waals surface area contributed by atoms with Gasteiger partial charge in [-0.25, -0.2) is 4.79 Å². The second-order valence-corrected chi connectivity index (χ2v) is 3.73. The summed E-state index contributed by atoms with van der Waals surface area (Å²) in [6, 6.07) is 0. The van der Waals surface area contributed by atoms with Gasteiger partial charge in [0.1, 0.15) is 5.76 Å². The molecule has 0 aliphatic carbocycles. The molecule has 0 bridgehead atoms. The second-order valence-electron chi connectivity index (χ2n) is 2.94. The summed E-state index contributed by atoms with van der Waals surface area (Å²) >= 11 is 3.37. The van der Waals surface area contributed by atoms with E-state index in [1.165, 1.54) is 0 Å². The Hall–Kier alpha value is -0.570. The molecule has 0 spiro atoms. The van der Waals surface area contributed by atoms with Crippen LogP contribution in [0.1, 0.15) is 33.1 Å². The lowest BCUT2D eigenvalue weighted by molar-refractivity contribution is -0.133. The molecule has 0 saturated heterocycles. The Morgan fingerprint density at radius 2 is 2.23 bits per heavy atom. The number of unbranched alkanes of at least 4 members (excludes halogenated alkanes) is 1. The van der Waals surface area contributed by atoms with Crippen molar-refractivity contribution in [3.8, 4) is 0 Å². The summed E-state index contributed by atoms with van der Waals surface area (Å²) in [5, 5.41) is 0. The highest BCUT2D eigenvalue weighted by molar-refractivity contribution is 9.12. The number of rotatable bonds is 3. The number of allylic oxidation sites excluding steroid dienone is 2. The summed E-state index contributed by atoms with van der Waals surface area (Å²) in [5.74, 6) is 0.449. The van der Waals surface area contributed by atoms with Gasteiger partial charge in [0.2, 0.25) is 0 Å². The first kappa shape index (κ1) is 10.5. The SMILES string of the molecule is C/C=C1\OC(=O)C(CCCC)=C1Br. The molecular weight excluding hydrogens is 232 g/mol. The van der Waals surface area contributed by atoms with E-state index in [4.69, 9.17) is 4.74 Å². The molecule has 0 unspecified atom stereocenters. The van der Waals surface area contributed by atoms with E-state index in [0.717, 1.165) is 29.3 Å². The Kier molecular flexibility index (Phi) is 3.72. The summed E-state index contributed by atoms with van der Waals surface area (Å²) in [4.78, 5) is 11.3. The van der Waals surface area contributed by atoms with E-state index in [9.17, 15) is 4.79 Å². The molecule has 1 rings (SSSR count). The van der Waals surface area contributed by atoms with Crippen molar-refractivity contribution in [3.05, 3.63) is 21.9 Å². The van der Waals surface area contributed by atoms with Gasteiger partial charge in [0.25, 0.3) is 0 Å². The van der Waals surface area contributed by atoms with Crippen LogP contribution in [0.3, 0.4) is 0 Å². The molecule has 13 heavy (non-hydrogen) atoms. The summed E-state index contributed by atoms with van der Waals surface area (Å²) < 4.78 is 5.86. The molecule has 0 radical (unpaired) electrons. The standard InChI is InChI=1S/C10H13BrO2/c1-3-5-6-7-9(11)8(4-2)13-10(7)12/h4H,3,5-6H2,1-2H3/b8-4-. The zero-order valence-electron chi connectivity index (χ0n) is 7.89. The van der Waals surface area contributed by atoms with Gasteiger partial charge in [-0.2, -0.15) is 0 Å². The fourth-order valence-corrected chi connectivity index (χ4v) is 1.87. The van der Waals surface area contributed by atoms with Crippen molar-refractivity contribution in [3.63, 3.8) is 0 Å². The van der Waals surface area contributed by atoms with Crippen molar-refractivity contribution >= 4 is 21.9 Å². The third-order valence-corrected chi connectivity index (χ3v) is 2.84. The van der Waals surface area contributed by atoms with E-state index in [1.54, 1.807) is 6.08 Å². The Labute approximate surface area is 86.8 Å². The third kappa shape index (κ3) is 2.21. The van der Waals surface area contributed by atoms with Crippen LogP contribution in [0.5, 0.6) is 0 Å². The lowest BCUT2D eigenvalue weighted by Gasteiger charge is -1.95. The smallest absolute Gasteiger partial charge is 0.340 e. The van der Waals surface area contributed by atoms with Crippen LogP contribution in [-0.2, 0) is 9.53 Å². The molecule has 0 amide bonds.